The van der Waals surface area contributed by atoms with Crippen LogP contribution in [0.4, 0.5) is 0 Å². The molecule has 1 unspecified atom stereocenters. The minimum atomic E-state index is -3.96. The number of nitrogens with zero attached hydrogens (tertiary/aromatic N) is 4. The van der Waals surface area contributed by atoms with Crippen LogP contribution in [0.5, 0.6) is 0 Å². The fourth-order valence-electron chi connectivity index (χ4n) is 4.86. The number of nitrogens with one attached hydrogen (secondary N) is 1. The highest BCUT2D eigenvalue weighted by molar-refractivity contribution is 7.91. The number of carbonyl (C=O) groups is 2. The Kier molecular flexibility index (Phi) is 8.26. The number of ether oxygens (including phenoxy) is 1. The number of hydrogen-bond acceptors (Lipinski definition) is 9. The third-order valence-corrected chi connectivity index (χ3v) is 10.6. The van der Waals surface area contributed by atoms with Crippen LogP contribution in [-0.4, -0.2) is 98.9 Å². The van der Waals surface area contributed by atoms with Gasteiger partial charge >= 0.3 is 5.91 Å². The normalized spacial score (nSPS) is 18.8. The van der Waals surface area contributed by atoms with Crippen LogP contribution in [0.1, 0.15) is 28.6 Å². The zero-order chi connectivity index (χ0) is 27.7. The maximum Gasteiger partial charge on any atom is 0.309 e. The highest BCUT2D eigenvalue weighted by Gasteiger charge is 2.40. The monoisotopic (exact) mass is 595 g/mol. The number of oxazole rings is 1. The topological polar surface area (TPSA) is 125 Å². The molecule has 2 aromatic heterocycles. The van der Waals surface area contributed by atoms with Gasteiger partial charge in [0, 0.05) is 62.4 Å². The second kappa shape index (κ2) is 11.5. The molecular weight excluding hydrogens is 566 g/mol. The number of halogens is 1. The molecule has 1 fully saturated rings. The number of carbonyl (C=O) groups excluding carboxylic acids is 2. The Balaban J connectivity index is 1.39. The number of fused-ring (bicyclic) bond motifs is 2. The third kappa shape index (κ3) is 5.98. The summed E-state index contributed by atoms with van der Waals surface area (Å²) in [5, 5.41) is 4.03. The molecule has 0 radical (unpaired) electrons. The summed E-state index contributed by atoms with van der Waals surface area (Å²) in [5.41, 5.74) is 0.775. The lowest BCUT2D eigenvalue weighted by Gasteiger charge is -2.39. The number of sulfonamides is 1. The number of hydrogen-bond donors (Lipinski definition) is 1. The van der Waals surface area contributed by atoms with Crippen molar-refractivity contribution in [2.45, 2.75) is 29.6 Å². The predicted octanol–water partition coefficient (Wildman–Crippen LogP) is 2.20. The summed E-state index contributed by atoms with van der Waals surface area (Å²) < 4.78 is 40.7. The van der Waals surface area contributed by atoms with E-state index in [0.29, 0.717) is 36.9 Å². The molecule has 0 spiro atoms. The third-order valence-electron chi connectivity index (χ3n) is 6.89. The molecule has 39 heavy (non-hydrogen) atoms. The summed E-state index contributed by atoms with van der Waals surface area (Å²) in [4.78, 5) is 34.2. The Morgan fingerprint density at radius 1 is 1.26 bits per heavy atom. The highest BCUT2D eigenvalue weighted by Crippen LogP contribution is 2.34. The molecule has 0 aliphatic carbocycles. The predicted molar refractivity (Wildman–Crippen MR) is 146 cm³/mol. The van der Waals surface area contributed by atoms with Gasteiger partial charge in [-0.25, -0.2) is 13.4 Å². The van der Waals surface area contributed by atoms with Gasteiger partial charge in [-0.3, -0.25) is 14.5 Å². The summed E-state index contributed by atoms with van der Waals surface area (Å²) in [6, 6.07) is 6.06. The van der Waals surface area contributed by atoms with Gasteiger partial charge in [0.25, 0.3) is 15.9 Å². The molecule has 11 nitrogen and oxygen atoms in total. The van der Waals surface area contributed by atoms with Crippen LogP contribution in [0.3, 0.4) is 0 Å². The average Bonchev–Trinajstić information content (AvgIpc) is 3.52. The van der Waals surface area contributed by atoms with E-state index in [-0.39, 0.29) is 42.1 Å². The zero-order valence-electron chi connectivity index (χ0n) is 21.7. The number of rotatable bonds is 8. The minimum absolute atomic E-state index is 0.00344. The van der Waals surface area contributed by atoms with Crippen LogP contribution >= 0.6 is 22.9 Å². The molecule has 2 amide bonds. The first-order valence-corrected chi connectivity index (χ1v) is 15.2. The molecule has 5 rings (SSSR count). The van der Waals surface area contributed by atoms with Gasteiger partial charge in [0.1, 0.15) is 9.97 Å². The quantitative estimate of drug-likeness (QED) is 0.393. The average molecular weight is 596 g/mol. The first kappa shape index (κ1) is 28.0. The Labute approximate surface area is 235 Å². The van der Waals surface area contributed by atoms with Crippen molar-refractivity contribution >= 4 is 54.9 Å². The van der Waals surface area contributed by atoms with E-state index in [1.54, 1.807) is 24.3 Å². The maximum absolute atomic E-state index is 13.8. The largest absolute Gasteiger partial charge is 0.436 e. The molecule has 210 valence electrons. The smallest absolute Gasteiger partial charge is 0.309 e. The number of likely N-dealkylation sites (N-methyl/N-ethyl adjacent to an activating group) is 1. The van der Waals surface area contributed by atoms with Crippen LogP contribution in [0.25, 0.3) is 10.1 Å². The van der Waals surface area contributed by atoms with Gasteiger partial charge in [-0.15, -0.1) is 11.3 Å². The first-order valence-electron chi connectivity index (χ1n) is 12.6. The molecule has 1 saturated heterocycles. The number of amides is 2. The Hall–Kier alpha value is -2.55. The molecule has 0 saturated carbocycles. The molecule has 2 aliphatic heterocycles. The zero-order valence-corrected chi connectivity index (χ0v) is 24.1. The molecule has 1 atom stereocenters. The van der Waals surface area contributed by atoms with Crippen molar-refractivity contribution in [3.63, 3.8) is 0 Å². The van der Waals surface area contributed by atoms with Gasteiger partial charge in [0.05, 0.1) is 24.9 Å². The van der Waals surface area contributed by atoms with Crippen LogP contribution in [0, 0.1) is 0 Å². The Morgan fingerprint density at radius 3 is 2.87 bits per heavy atom. The molecule has 2 aliphatic rings. The van der Waals surface area contributed by atoms with Crippen LogP contribution < -0.4 is 5.32 Å². The van der Waals surface area contributed by atoms with E-state index in [1.165, 1.54) is 16.3 Å². The number of benzene rings is 1. The first-order chi connectivity index (χ1) is 18.7. The lowest BCUT2D eigenvalue weighted by atomic mass is 10.1. The second-order valence-corrected chi connectivity index (χ2v) is 13.3. The molecule has 0 bridgehead atoms. The summed E-state index contributed by atoms with van der Waals surface area (Å²) in [6.45, 7) is 2.23. The lowest BCUT2D eigenvalue weighted by molar-refractivity contribution is -0.122. The minimum Gasteiger partial charge on any atom is -0.436 e. The lowest BCUT2D eigenvalue weighted by Crippen LogP contribution is -2.57. The van der Waals surface area contributed by atoms with Gasteiger partial charge < -0.3 is 19.4 Å². The summed E-state index contributed by atoms with van der Waals surface area (Å²) in [7, 11) is -0.455. The van der Waals surface area contributed by atoms with Crippen molar-refractivity contribution < 1.29 is 27.2 Å². The maximum atomic E-state index is 13.8. The fraction of sp³-hybridized carbons (Fsp3) is 0.480. The van der Waals surface area contributed by atoms with Crippen molar-refractivity contribution in [3.05, 3.63) is 46.6 Å². The van der Waals surface area contributed by atoms with E-state index in [2.05, 4.69) is 15.2 Å². The van der Waals surface area contributed by atoms with Gasteiger partial charge in [-0.2, -0.15) is 4.31 Å². The van der Waals surface area contributed by atoms with Crippen molar-refractivity contribution in [1.82, 2.24) is 24.4 Å². The van der Waals surface area contributed by atoms with E-state index in [1.807, 2.05) is 7.05 Å². The number of piperazine rings is 1. The van der Waals surface area contributed by atoms with Crippen LogP contribution in [0.2, 0.25) is 5.02 Å². The van der Waals surface area contributed by atoms with E-state index >= 15 is 0 Å². The SMILES string of the molecule is COCCNC(=O)CC1CN(C(=O)c2nc3c(o2)CN(C)CC3)CCN1S(=O)(=O)c1cc2ccc(Cl)cc2s1. The summed E-state index contributed by atoms with van der Waals surface area (Å²) in [5.74, 6) is -0.0711. The fourth-order valence-corrected chi connectivity index (χ4v) is 8.27. The van der Waals surface area contributed by atoms with E-state index in [4.69, 9.17) is 20.8 Å². The van der Waals surface area contributed by atoms with Crippen molar-refractivity contribution in [1.29, 1.82) is 0 Å². The molecule has 3 aromatic rings. The van der Waals surface area contributed by atoms with E-state index < -0.39 is 22.0 Å². The van der Waals surface area contributed by atoms with Crippen molar-refractivity contribution in [2.75, 3.05) is 53.5 Å². The number of thiophene rings is 1. The Morgan fingerprint density at radius 2 is 2.08 bits per heavy atom. The van der Waals surface area contributed by atoms with Gasteiger partial charge in [-0.05, 0) is 30.6 Å². The number of methoxy groups -OCH3 is 1. The highest BCUT2D eigenvalue weighted by atomic mass is 35.5. The molecular formula is C25H30ClN5O6S2. The van der Waals surface area contributed by atoms with E-state index in [9.17, 15) is 18.0 Å². The standard InChI is InChI=1S/C25H30ClN5O6S2/c1-29-7-5-19-20(15-29)37-24(28-19)25(33)30-8-9-31(18(14-30)13-22(32)27-6-10-36-2)39(34,35)23-11-16-3-4-17(26)12-21(16)38-23/h3-4,11-12,18H,5-10,13-15H2,1-2H3,(H,27,32). The van der Waals surface area contributed by atoms with E-state index in [0.717, 1.165) is 33.7 Å². The van der Waals surface area contributed by atoms with Crippen LogP contribution in [0.15, 0.2) is 32.9 Å². The van der Waals surface area contributed by atoms with Gasteiger partial charge in [0.2, 0.25) is 5.91 Å². The van der Waals surface area contributed by atoms with Crippen molar-refractivity contribution in [2.24, 2.45) is 0 Å². The van der Waals surface area contributed by atoms with Crippen molar-refractivity contribution in [3.8, 4) is 0 Å². The summed E-state index contributed by atoms with van der Waals surface area (Å²) in [6.07, 6.45) is 0.579. The molecule has 1 aromatic carbocycles. The molecule has 14 heteroatoms. The van der Waals surface area contributed by atoms with Gasteiger partial charge in [0.15, 0.2) is 0 Å². The van der Waals surface area contributed by atoms with Gasteiger partial charge in [-0.1, -0.05) is 17.7 Å². The molecule has 4 heterocycles. The number of aromatic nitrogens is 1. The summed E-state index contributed by atoms with van der Waals surface area (Å²) >= 11 is 7.23. The molecule has 1 N–H and O–H groups in total. The second-order valence-electron chi connectivity index (χ2n) is 9.69. The Bertz CT molecular complexity index is 1490. The van der Waals surface area contributed by atoms with Crippen LogP contribution in [-0.2, 0) is 32.5 Å².